The van der Waals surface area contributed by atoms with Gasteiger partial charge in [-0.05, 0) is 29.8 Å². The van der Waals surface area contributed by atoms with Gasteiger partial charge in [0.2, 0.25) is 5.88 Å². The summed E-state index contributed by atoms with van der Waals surface area (Å²) in [5.41, 5.74) is 5.15. The fourth-order valence-corrected chi connectivity index (χ4v) is 3.96. The standard InChI is InChI=1S/C26H27N5O2/c1-2-7-25-24(6-1)20(18-29-25)17-27-19-22-15-23(31-10-13-32-14-11-31)16-26(30-22)33-12-8-21-5-3-4-9-28-21/h1-7,9,15-16,18-19,29H,8,10-14,17H2. The van der Waals surface area contributed by atoms with E-state index in [4.69, 9.17) is 9.47 Å². The summed E-state index contributed by atoms with van der Waals surface area (Å²) >= 11 is 0. The molecule has 0 bridgehead atoms. The van der Waals surface area contributed by atoms with E-state index in [1.54, 1.807) is 6.20 Å². The van der Waals surface area contributed by atoms with Crippen LogP contribution in [-0.4, -0.2) is 54.1 Å². The lowest BCUT2D eigenvalue weighted by Gasteiger charge is -2.29. The molecular weight excluding hydrogens is 414 g/mol. The van der Waals surface area contributed by atoms with Gasteiger partial charge in [0.25, 0.3) is 0 Å². The van der Waals surface area contributed by atoms with E-state index >= 15 is 0 Å². The lowest BCUT2D eigenvalue weighted by Crippen LogP contribution is -2.36. The number of anilines is 1. The molecule has 0 amide bonds. The number of morpholine rings is 1. The van der Waals surface area contributed by atoms with Crippen LogP contribution in [0.4, 0.5) is 5.69 Å². The normalized spacial score (nSPS) is 14.2. The molecule has 0 atom stereocenters. The van der Waals surface area contributed by atoms with Crippen molar-refractivity contribution in [3.05, 3.63) is 83.9 Å². The first-order chi connectivity index (χ1) is 16.3. The number of hydrogen-bond donors (Lipinski definition) is 1. The van der Waals surface area contributed by atoms with Crippen molar-refractivity contribution < 1.29 is 9.47 Å². The zero-order chi connectivity index (χ0) is 22.3. The first-order valence-corrected chi connectivity index (χ1v) is 11.3. The Morgan fingerprint density at radius 2 is 1.97 bits per heavy atom. The highest BCUT2D eigenvalue weighted by molar-refractivity contribution is 5.84. The van der Waals surface area contributed by atoms with E-state index in [0.29, 0.717) is 19.0 Å². The van der Waals surface area contributed by atoms with Gasteiger partial charge in [-0.2, -0.15) is 0 Å². The van der Waals surface area contributed by atoms with Crippen LogP contribution in [0, 0.1) is 0 Å². The van der Waals surface area contributed by atoms with Gasteiger partial charge in [-0.25, -0.2) is 4.98 Å². The first kappa shape index (κ1) is 21.2. The Morgan fingerprint density at radius 3 is 2.85 bits per heavy atom. The maximum atomic E-state index is 6.02. The van der Waals surface area contributed by atoms with Crippen LogP contribution >= 0.6 is 0 Å². The van der Waals surface area contributed by atoms with Crippen molar-refractivity contribution in [2.75, 3.05) is 37.8 Å². The fraction of sp³-hybridized carbons (Fsp3) is 0.269. The Balaban J connectivity index is 1.32. The van der Waals surface area contributed by atoms with E-state index < -0.39 is 0 Å². The highest BCUT2D eigenvalue weighted by Crippen LogP contribution is 2.23. The summed E-state index contributed by atoms with van der Waals surface area (Å²) in [5, 5.41) is 1.20. The molecule has 1 aromatic carbocycles. The van der Waals surface area contributed by atoms with Crippen LogP contribution in [-0.2, 0) is 17.7 Å². The highest BCUT2D eigenvalue weighted by atomic mass is 16.5. The average Bonchev–Trinajstić information content (AvgIpc) is 3.28. The monoisotopic (exact) mass is 441 g/mol. The zero-order valence-electron chi connectivity index (χ0n) is 18.5. The minimum atomic E-state index is 0.516. The average molecular weight is 442 g/mol. The SMILES string of the molecule is C(=NCc1c[nH]c2ccccc12)c1cc(N2CCOCC2)cc(OCCc2ccccn2)n1. The third kappa shape index (κ3) is 5.38. The zero-order valence-corrected chi connectivity index (χ0v) is 18.5. The largest absolute Gasteiger partial charge is 0.477 e. The maximum absolute atomic E-state index is 6.02. The van der Waals surface area contributed by atoms with E-state index in [9.17, 15) is 0 Å². The quantitative estimate of drug-likeness (QED) is 0.418. The Bertz CT molecular complexity index is 1220. The Hall–Kier alpha value is -3.71. The number of pyridine rings is 2. The van der Waals surface area contributed by atoms with Crippen molar-refractivity contribution in [2.45, 2.75) is 13.0 Å². The second kappa shape index (κ2) is 10.3. The number of ether oxygens (including phenoxy) is 2. The van der Waals surface area contributed by atoms with E-state index in [-0.39, 0.29) is 0 Å². The first-order valence-electron chi connectivity index (χ1n) is 11.3. The van der Waals surface area contributed by atoms with Crippen molar-refractivity contribution in [2.24, 2.45) is 4.99 Å². The number of rotatable bonds is 8. The molecular formula is C26H27N5O2. The molecule has 0 saturated carbocycles. The topological polar surface area (TPSA) is 75.6 Å². The van der Waals surface area contributed by atoms with Crippen molar-refractivity contribution in [3.63, 3.8) is 0 Å². The van der Waals surface area contributed by atoms with Crippen LogP contribution in [0.5, 0.6) is 5.88 Å². The van der Waals surface area contributed by atoms with Gasteiger partial charge in [0.15, 0.2) is 0 Å². The molecule has 0 spiro atoms. The molecule has 5 rings (SSSR count). The van der Waals surface area contributed by atoms with E-state index in [1.165, 1.54) is 5.39 Å². The highest BCUT2D eigenvalue weighted by Gasteiger charge is 2.14. The Morgan fingerprint density at radius 1 is 1.09 bits per heavy atom. The number of aliphatic imine (C=N–C) groups is 1. The molecule has 4 aromatic rings. The van der Waals surface area contributed by atoms with Crippen LogP contribution in [0.1, 0.15) is 17.0 Å². The minimum absolute atomic E-state index is 0.516. The number of aromatic nitrogens is 3. The number of fused-ring (bicyclic) bond motifs is 1. The number of benzene rings is 1. The number of hydrogen-bond acceptors (Lipinski definition) is 6. The summed E-state index contributed by atoms with van der Waals surface area (Å²) in [6.45, 7) is 4.25. The molecule has 1 N–H and O–H groups in total. The number of H-pyrrole nitrogens is 1. The van der Waals surface area contributed by atoms with Gasteiger partial charge >= 0.3 is 0 Å². The second-order valence-electron chi connectivity index (χ2n) is 7.94. The molecule has 7 nitrogen and oxygen atoms in total. The van der Waals surface area contributed by atoms with Crippen LogP contribution in [0.15, 0.2) is 72.0 Å². The van der Waals surface area contributed by atoms with Crippen molar-refractivity contribution in [1.82, 2.24) is 15.0 Å². The van der Waals surface area contributed by atoms with Gasteiger partial charge in [0, 0.05) is 66.5 Å². The van der Waals surface area contributed by atoms with Crippen LogP contribution in [0.3, 0.4) is 0 Å². The molecule has 1 fully saturated rings. The molecule has 7 heteroatoms. The second-order valence-corrected chi connectivity index (χ2v) is 7.94. The Labute approximate surface area is 193 Å². The van der Waals surface area contributed by atoms with Crippen molar-refractivity contribution in [3.8, 4) is 5.88 Å². The predicted molar refractivity (Wildman–Crippen MR) is 130 cm³/mol. The lowest BCUT2D eigenvalue weighted by atomic mass is 10.2. The summed E-state index contributed by atoms with van der Waals surface area (Å²) in [7, 11) is 0. The molecule has 4 heterocycles. The molecule has 3 aromatic heterocycles. The predicted octanol–water partition coefficient (Wildman–Crippen LogP) is 4.04. The van der Waals surface area contributed by atoms with Crippen molar-refractivity contribution in [1.29, 1.82) is 0 Å². The summed E-state index contributed by atoms with van der Waals surface area (Å²) in [6.07, 6.45) is 6.38. The van der Waals surface area contributed by atoms with Gasteiger partial charge < -0.3 is 19.4 Å². The van der Waals surface area contributed by atoms with Gasteiger partial charge in [-0.15, -0.1) is 0 Å². The minimum Gasteiger partial charge on any atom is -0.477 e. The molecule has 168 valence electrons. The smallest absolute Gasteiger partial charge is 0.215 e. The third-order valence-corrected chi connectivity index (χ3v) is 5.68. The van der Waals surface area contributed by atoms with Crippen molar-refractivity contribution >= 4 is 22.8 Å². The fourth-order valence-electron chi connectivity index (χ4n) is 3.96. The molecule has 1 aliphatic heterocycles. The molecule has 1 saturated heterocycles. The molecule has 0 aliphatic carbocycles. The van der Waals surface area contributed by atoms with E-state index in [0.717, 1.165) is 60.9 Å². The summed E-state index contributed by atoms with van der Waals surface area (Å²) in [4.78, 5) is 19.3. The molecule has 1 aliphatic rings. The van der Waals surface area contributed by atoms with Crippen LogP contribution < -0.4 is 9.64 Å². The summed E-state index contributed by atoms with van der Waals surface area (Å²) in [6, 6.07) is 18.2. The van der Waals surface area contributed by atoms with Gasteiger partial charge in [-0.1, -0.05) is 24.3 Å². The molecule has 33 heavy (non-hydrogen) atoms. The number of aromatic amines is 1. The van der Waals surface area contributed by atoms with Gasteiger partial charge in [0.1, 0.15) is 0 Å². The van der Waals surface area contributed by atoms with Crippen LogP contribution in [0.25, 0.3) is 10.9 Å². The lowest BCUT2D eigenvalue weighted by molar-refractivity contribution is 0.122. The third-order valence-electron chi connectivity index (χ3n) is 5.68. The summed E-state index contributed by atoms with van der Waals surface area (Å²) < 4.78 is 11.5. The number of nitrogens with one attached hydrogen (secondary N) is 1. The summed E-state index contributed by atoms with van der Waals surface area (Å²) in [5.74, 6) is 0.600. The Kier molecular flexibility index (Phi) is 6.58. The van der Waals surface area contributed by atoms with E-state index in [2.05, 4.69) is 43.0 Å². The maximum Gasteiger partial charge on any atom is 0.215 e. The molecule has 0 radical (unpaired) electrons. The van der Waals surface area contributed by atoms with Crippen LogP contribution in [0.2, 0.25) is 0 Å². The van der Waals surface area contributed by atoms with Gasteiger partial charge in [-0.3, -0.25) is 9.98 Å². The number of para-hydroxylation sites is 1. The van der Waals surface area contributed by atoms with Gasteiger partial charge in [0.05, 0.1) is 32.1 Å². The number of nitrogens with zero attached hydrogens (tertiary/aromatic N) is 4. The molecule has 0 unspecified atom stereocenters. The van der Waals surface area contributed by atoms with E-state index in [1.807, 2.05) is 48.8 Å².